The second kappa shape index (κ2) is 4.62. The monoisotopic (exact) mass is 250 g/mol. The molecule has 94 valence electrons. The van der Waals surface area contributed by atoms with Gasteiger partial charge < -0.3 is 14.6 Å². The summed E-state index contributed by atoms with van der Waals surface area (Å²) in [6.07, 6.45) is -1.32. The molecule has 1 aromatic carbocycles. The van der Waals surface area contributed by atoms with Crippen LogP contribution in [0.5, 0.6) is 0 Å². The zero-order valence-corrected chi connectivity index (χ0v) is 9.55. The highest BCUT2D eigenvalue weighted by molar-refractivity contribution is 5.84. The van der Waals surface area contributed by atoms with Gasteiger partial charge in [-0.25, -0.2) is 9.18 Å². The van der Waals surface area contributed by atoms with E-state index < -0.39 is 17.9 Å². The fourth-order valence-electron chi connectivity index (χ4n) is 1.65. The van der Waals surface area contributed by atoms with Gasteiger partial charge in [0.2, 0.25) is 5.76 Å². The second-order valence-corrected chi connectivity index (χ2v) is 3.89. The molecule has 1 atom stereocenters. The lowest BCUT2D eigenvalue weighted by atomic mass is 10.0. The Kier molecular flexibility index (Phi) is 3.16. The molecule has 0 fully saturated rings. The Morgan fingerprint density at radius 3 is 2.67 bits per heavy atom. The molecule has 2 aromatic rings. The number of rotatable bonds is 3. The van der Waals surface area contributed by atoms with Crippen LogP contribution in [-0.2, 0) is 0 Å². The standard InChI is InChI=1S/C13H11FO4/c1-7-3-2-4-8(11(7)14)12(15)9-5-6-10(18-9)13(16)17/h2-6,12,15H,1H3,(H,16,17). The Hall–Kier alpha value is -2.14. The van der Waals surface area contributed by atoms with Gasteiger partial charge in [-0.3, -0.25) is 0 Å². The van der Waals surface area contributed by atoms with Gasteiger partial charge in [-0.15, -0.1) is 0 Å². The van der Waals surface area contributed by atoms with Crippen LogP contribution in [0.4, 0.5) is 4.39 Å². The molecule has 0 spiro atoms. The molecule has 18 heavy (non-hydrogen) atoms. The van der Waals surface area contributed by atoms with Crippen molar-refractivity contribution in [1.29, 1.82) is 0 Å². The minimum absolute atomic E-state index is 0.00287. The van der Waals surface area contributed by atoms with E-state index in [1.54, 1.807) is 19.1 Å². The molecule has 1 heterocycles. The van der Waals surface area contributed by atoms with Gasteiger partial charge in [0.05, 0.1) is 0 Å². The second-order valence-electron chi connectivity index (χ2n) is 3.89. The van der Waals surface area contributed by atoms with Crippen LogP contribution in [0.1, 0.15) is 33.5 Å². The van der Waals surface area contributed by atoms with Crippen molar-refractivity contribution in [2.45, 2.75) is 13.0 Å². The summed E-state index contributed by atoms with van der Waals surface area (Å²) in [7, 11) is 0. The summed E-state index contributed by atoms with van der Waals surface area (Å²) in [5.74, 6) is -2.06. The number of halogens is 1. The van der Waals surface area contributed by atoms with Crippen LogP contribution in [-0.4, -0.2) is 16.2 Å². The van der Waals surface area contributed by atoms with E-state index in [1.165, 1.54) is 18.2 Å². The van der Waals surface area contributed by atoms with Crippen LogP contribution in [0.2, 0.25) is 0 Å². The average molecular weight is 250 g/mol. The topological polar surface area (TPSA) is 70.7 Å². The number of furan rings is 1. The minimum Gasteiger partial charge on any atom is -0.475 e. The fraction of sp³-hybridized carbons (Fsp3) is 0.154. The van der Waals surface area contributed by atoms with Crippen LogP contribution in [0.15, 0.2) is 34.7 Å². The minimum atomic E-state index is -1.32. The number of hydrogen-bond acceptors (Lipinski definition) is 3. The maximum atomic E-state index is 13.8. The summed E-state index contributed by atoms with van der Waals surface area (Å²) in [6.45, 7) is 1.58. The third kappa shape index (κ3) is 2.12. The van der Waals surface area contributed by atoms with Gasteiger partial charge in [0.25, 0.3) is 0 Å². The van der Waals surface area contributed by atoms with E-state index in [4.69, 9.17) is 9.52 Å². The highest BCUT2D eigenvalue weighted by atomic mass is 19.1. The third-order valence-corrected chi connectivity index (χ3v) is 2.62. The Bertz CT molecular complexity index is 588. The first kappa shape index (κ1) is 12.3. The van der Waals surface area contributed by atoms with Gasteiger partial charge in [0.15, 0.2) is 0 Å². The van der Waals surface area contributed by atoms with Gasteiger partial charge in [0.1, 0.15) is 17.7 Å². The van der Waals surface area contributed by atoms with Crippen molar-refractivity contribution < 1.29 is 23.8 Å². The highest BCUT2D eigenvalue weighted by Crippen LogP contribution is 2.27. The summed E-state index contributed by atoms with van der Waals surface area (Å²) in [6, 6.07) is 7.15. The van der Waals surface area contributed by atoms with E-state index in [-0.39, 0.29) is 17.1 Å². The molecule has 0 amide bonds. The van der Waals surface area contributed by atoms with Crippen molar-refractivity contribution in [3.05, 3.63) is 58.8 Å². The summed E-state index contributed by atoms with van der Waals surface area (Å²) in [5.41, 5.74) is 0.456. The zero-order valence-electron chi connectivity index (χ0n) is 9.55. The van der Waals surface area contributed by atoms with Gasteiger partial charge in [-0.05, 0) is 24.6 Å². The van der Waals surface area contributed by atoms with E-state index in [1.807, 2.05) is 0 Å². The quantitative estimate of drug-likeness (QED) is 0.878. The normalized spacial score (nSPS) is 12.4. The largest absolute Gasteiger partial charge is 0.475 e. The van der Waals surface area contributed by atoms with E-state index >= 15 is 0 Å². The molecule has 1 aromatic heterocycles. The molecular formula is C13H11FO4. The van der Waals surface area contributed by atoms with Crippen molar-refractivity contribution >= 4 is 5.97 Å². The number of hydrogen-bond donors (Lipinski definition) is 2. The predicted molar refractivity (Wildman–Crippen MR) is 60.9 cm³/mol. The lowest BCUT2D eigenvalue weighted by molar-refractivity contribution is 0.0655. The SMILES string of the molecule is Cc1cccc(C(O)c2ccc(C(=O)O)o2)c1F. The van der Waals surface area contributed by atoms with Crippen molar-refractivity contribution in [2.75, 3.05) is 0 Å². The number of carboxylic acids is 1. The van der Waals surface area contributed by atoms with Crippen LogP contribution in [0.25, 0.3) is 0 Å². The molecule has 0 bridgehead atoms. The number of aliphatic hydroxyl groups is 1. The van der Waals surface area contributed by atoms with Crippen molar-refractivity contribution in [3.63, 3.8) is 0 Å². The molecule has 1 unspecified atom stereocenters. The van der Waals surface area contributed by atoms with Crippen molar-refractivity contribution in [3.8, 4) is 0 Å². The molecule has 2 rings (SSSR count). The Labute approximate surface area is 102 Å². The molecule has 4 nitrogen and oxygen atoms in total. The Balaban J connectivity index is 2.38. The predicted octanol–water partition coefficient (Wildman–Crippen LogP) is 2.51. The lowest BCUT2D eigenvalue weighted by Gasteiger charge is -2.10. The first-order valence-corrected chi connectivity index (χ1v) is 5.27. The number of aryl methyl sites for hydroxylation is 1. The van der Waals surface area contributed by atoms with Crippen LogP contribution in [0.3, 0.4) is 0 Å². The van der Waals surface area contributed by atoms with Gasteiger partial charge in [-0.2, -0.15) is 0 Å². The molecule has 0 saturated carbocycles. The molecule has 5 heteroatoms. The fourth-order valence-corrected chi connectivity index (χ4v) is 1.65. The summed E-state index contributed by atoms with van der Waals surface area (Å²) >= 11 is 0. The summed E-state index contributed by atoms with van der Waals surface area (Å²) in [5, 5.41) is 18.7. The average Bonchev–Trinajstić information content (AvgIpc) is 2.81. The van der Waals surface area contributed by atoms with Crippen LogP contribution >= 0.6 is 0 Å². The van der Waals surface area contributed by atoms with E-state index in [9.17, 15) is 14.3 Å². The molecule has 2 N–H and O–H groups in total. The molecule has 0 radical (unpaired) electrons. The number of carbonyl (C=O) groups is 1. The molecular weight excluding hydrogens is 239 g/mol. The van der Waals surface area contributed by atoms with E-state index in [2.05, 4.69) is 0 Å². The van der Waals surface area contributed by atoms with Crippen LogP contribution in [0, 0.1) is 12.7 Å². The van der Waals surface area contributed by atoms with Crippen molar-refractivity contribution in [1.82, 2.24) is 0 Å². The first-order valence-electron chi connectivity index (χ1n) is 5.27. The number of benzene rings is 1. The highest BCUT2D eigenvalue weighted by Gasteiger charge is 2.20. The number of aromatic carboxylic acids is 1. The number of carboxylic acid groups (broad SMARTS) is 1. The summed E-state index contributed by atoms with van der Waals surface area (Å²) in [4.78, 5) is 10.6. The van der Waals surface area contributed by atoms with Gasteiger partial charge in [-0.1, -0.05) is 18.2 Å². The van der Waals surface area contributed by atoms with Gasteiger partial charge in [0, 0.05) is 5.56 Å². The lowest BCUT2D eigenvalue weighted by Crippen LogP contribution is -2.03. The maximum absolute atomic E-state index is 13.8. The molecule has 0 aliphatic heterocycles. The molecule has 0 aliphatic carbocycles. The number of aliphatic hydroxyl groups excluding tert-OH is 1. The smallest absolute Gasteiger partial charge is 0.371 e. The Morgan fingerprint density at radius 1 is 1.33 bits per heavy atom. The maximum Gasteiger partial charge on any atom is 0.371 e. The first-order chi connectivity index (χ1) is 8.50. The third-order valence-electron chi connectivity index (χ3n) is 2.62. The van der Waals surface area contributed by atoms with E-state index in [0.29, 0.717) is 5.56 Å². The van der Waals surface area contributed by atoms with Crippen LogP contribution < -0.4 is 0 Å². The van der Waals surface area contributed by atoms with E-state index in [0.717, 1.165) is 0 Å². The van der Waals surface area contributed by atoms with Crippen molar-refractivity contribution in [2.24, 2.45) is 0 Å². The zero-order chi connectivity index (χ0) is 13.3. The Morgan fingerprint density at radius 2 is 2.06 bits per heavy atom. The summed E-state index contributed by atoms with van der Waals surface area (Å²) < 4.78 is 18.7. The van der Waals surface area contributed by atoms with Gasteiger partial charge >= 0.3 is 5.97 Å². The molecule has 0 saturated heterocycles. The molecule has 0 aliphatic rings.